The highest BCUT2D eigenvalue weighted by Gasteiger charge is 2.30. The lowest BCUT2D eigenvalue weighted by Gasteiger charge is -2.32. The average molecular weight is 499 g/mol. The van der Waals surface area contributed by atoms with E-state index < -0.39 is 6.23 Å². The summed E-state index contributed by atoms with van der Waals surface area (Å²) in [7, 11) is 0. The molecule has 0 bridgehead atoms. The van der Waals surface area contributed by atoms with Crippen LogP contribution in [0.25, 0.3) is 10.2 Å². The number of hydrogen-bond donors (Lipinski definition) is 1. The molecule has 0 unspecified atom stereocenters. The number of hydrogen-bond acceptors (Lipinski definition) is 7. The van der Waals surface area contributed by atoms with E-state index in [1.54, 1.807) is 0 Å². The molecule has 1 heterocycles. The summed E-state index contributed by atoms with van der Waals surface area (Å²) >= 11 is 1.50. The maximum atomic E-state index is 11.4. The molecule has 0 radical (unpaired) electrons. The molecule has 0 aliphatic heterocycles. The SMILES string of the molecule is CC(C)Oc1nc2c(OC(C)(C)C)ccc(C[C@H](O)N(OCc3ccccc3)C3CCCC3)c2s1. The average Bonchev–Trinajstić information content (AvgIpc) is 3.46. The summed E-state index contributed by atoms with van der Waals surface area (Å²) in [6.07, 6.45) is 4.09. The van der Waals surface area contributed by atoms with E-state index in [0.717, 1.165) is 52.8 Å². The quantitative estimate of drug-likeness (QED) is 0.254. The molecular weight excluding hydrogens is 460 g/mol. The molecule has 0 saturated heterocycles. The van der Waals surface area contributed by atoms with Crippen molar-refractivity contribution < 1.29 is 19.4 Å². The Labute approximate surface area is 212 Å². The van der Waals surface area contributed by atoms with Gasteiger partial charge in [-0.3, -0.25) is 4.84 Å². The van der Waals surface area contributed by atoms with Crippen LogP contribution in [-0.2, 0) is 17.9 Å². The highest BCUT2D eigenvalue weighted by molar-refractivity contribution is 7.20. The second kappa shape index (κ2) is 11.2. The predicted molar refractivity (Wildman–Crippen MR) is 141 cm³/mol. The van der Waals surface area contributed by atoms with Crippen molar-refractivity contribution in [1.82, 2.24) is 10.0 Å². The molecule has 1 saturated carbocycles. The highest BCUT2D eigenvalue weighted by Crippen LogP contribution is 2.39. The van der Waals surface area contributed by atoms with E-state index in [9.17, 15) is 5.11 Å². The second-order valence-electron chi connectivity index (χ2n) is 10.5. The number of rotatable bonds is 10. The molecule has 6 nitrogen and oxygen atoms in total. The van der Waals surface area contributed by atoms with E-state index in [2.05, 4.69) is 0 Å². The highest BCUT2D eigenvalue weighted by atomic mass is 32.1. The smallest absolute Gasteiger partial charge is 0.274 e. The molecule has 1 N–H and O–H groups in total. The van der Waals surface area contributed by atoms with Crippen molar-refractivity contribution in [2.75, 3.05) is 0 Å². The Bertz CT molecular complexity index is 1090. The molecule has 0 spiro atoms. The number of benzene rings is 2. The van der Waals surface area contributed by atoms with Crippen LogP contribution in [0.5, 0.6) is 10.9 Å². The van der Waals surface area contributed by atoms with Crippen molar-refractivity contribution in [3.05, 3.63) is 53.6 Å². The molecular formula is C28H38N2O4S. The van der Waals surface area contributed by atoms with Crippen LogP contribution >= 0.6 is 11.3 Å². The lowest BCUT2D eigenvalue weighted by Crippen LogP contribution is -2.43. The summed E-state index contributed by atoms with van der Waals surface area (Å²) in [5.74, 6) is 0.730. The van der Waals surface area contributed by atoms with E-state index in [1.165, 1.54) is 11.3 Å². The first kappa shape index (κ1) is 25.9. The summed E-state index contributed by atoms with van der Waals surface area (Å²) in [6, 6.07) is 14.3. The third-order valence-electron chi connectivity index (χ3n) is 5.93. The molecule has 1 atom stereocenters. The van der Waals surface area contributed by atoms with Gasteiger partial charge in [-0.25, -0.2) is 0 Å². The van der Waals surface area contributed by atoms with E-state index >= 15 is 0 Å². The minimum Gasteiger partial charge on any atom is -0.486 e. The zero-order valence-corrected chi connectivity index (χ0v) is 22.3. The number of aromatic nitrogens is 1. The third-order valence-corrected chi connectivity index (χ3v) is 6.95. The number of aliphatic hydroxyl groups is 1. The van der Waals surface area contributed by atoms with Gasteiger partial charge < -0.3 is 14.6 Å². The molecule has 3 aromatic rings. The van der Waals surface area contributed by atoms with Crippen LogP contribution in [0.2, 0.25) is 0 Å². The van der Waals surface area contributed by atoms with Gasteiger partial charge in [0, 0.05) is 12.5 Å². The molecule has 2 aromatic carbocycles. The summed E-state index contributed by atoms with van der Waals surface area (Å²) in [5.41, 5.74) is 2.53. The Balaban J connectivity index is 1.60. The molecule has 1 aliphatic carbocycles. The first-order valence-electron chi connectivity index (χ1n) is 12.6. The van der Waals surface area contributed by atoms with E-state index in [0.29, 0.717) is 18.2 Å². The minimum atomic E-state index is -0.768. The molecule has 1 aliphatic rings. The first-order valence-corrected chi connectivity index (χ1v) is 13.4. The molecule has 190 valence electrons. The maximum Gasteiger partial charge on any atom is 0.274 e. The van der Waals surface area contributed by atoms with Gasteiger partial charge in [0.25, 0.3) is 5.19 Å². The number of nitrogens with zero attached hydrogens (tertiary/aromatic N) is 2. The van der Waals surface area contributed by atoms with Crippen molar-refractivity contribution >= 4 is 21.6 Å². The van der Waals surface area contributed by atoms with Crippen LogP contribution in [0.15, 0.2) is 42.5 Å². The van der Waals surface area contributed by atoms with Crippen molar-refractivity contribution in [3.63, 3.8) is 0 Å². The fourth-order valence-corrected chi connectivity index (χ4v) is 5.52. The largest absolute Gasteiger partial charge is 0.486 e. The Morgan fingerprint density at radius 2 is 1.80 bits per heavy atom. The van der Waals surface area contributed by atoms with Gasteiger partial charge in [-0.1, -0.05) is 60.6 Å². The molecule has 1 fully saturated rings. The topological polar surface area (TPSA) is 64.0 Å². The number of aliphatic hydroxyl groups excluding tert-OH is 1. The zero-order chi connectivity index (χ0) is 25.0. The number of thiazole rings is 1. The van der Waals surface area contributed by atoms with Gasteiger partial charge in [0.1, 0.15) is 23.1 Å². The van der Waals surface area contributed by atoms with Crippen molar-refractivity contribution in [1.29, 1.82) is 0 Å². The zero-order valence-electron chi connectivity index (χ0n) is 21.5. The van der Waals surface area contributed by atoms with Crippen LogP contribution < -0.4 is 9.47 Å². The van der Waals surface area contributed by atoms with Crippen LogP contribution in [0.1, 0.15) is 71.4 Å². The monoisotopic (exact) mass is 498 g/mol. The second-order valence-corrected chi connectivity index (χ2v) is 11.5. The summed E-state index contributed by atoms with van der Waals surface area (Å²) < 4.78 is 13.1. The van der Waals surface area contributed by atoms with Crippen molar-refractivity contribution in [2.45, 2.75) is 97.3 Å². The minimum absolute atomic E-state index is 0.0285. The van der Waals surface area contributed by atoms with Gasteiger partial charge in [-0.2, -0.15) is 10.0 Å². The fourth-order valence-electron chi connectivity index (χ4n) is 4.44. The van der Waals surface area contributed by atoms with Gasteiger partial charge in [0.15, 0.2) is 0 Å². The van der Waals surface area contributed by atoms with Gasteiger partial charge in [0.2, 0.25) is 0 Å². The van der Waals surface area contributed by atoms with Gasteiger partial charge in [0.05, 0.1) is 17.4 Å². The third kappa shape index (κ3) is 6.94. The molecule has 7 heteroatoms. The van der Waals surface area contributed by atoms with Gasteiger partial charge in [-0.15, -0.1) is 0 Å². The van der Waals surface area contributed by atoms with E-state index in [1.807, 2.05) is 82.1 Å². The van der Waals surface area contributed by atoms with Crippen LogP contribution in [-0.4, -0.2) is 39.1 Å². The number of ether oxygens (including phenoxy) is 2. The normalized spacial score (nSPS) is 15.9. The van der Waals surface area contributed by atoms with E-state index in [-0.39, 0.29) is 17.7 Å². The summed E-state index contributed by atoms with van der Waals surface area (Å²) in [5, 5.41) is 13.8. The fraction of sp³-hybridized carbons (Fsp3) is 0.536. The first-order chi connectivity index (χ1) is 16.7. The Morgan fingerprint density at radius 1 is 1.09 bits per heavy atom. The van der Waals surface area contributed by atoms with Crippen LogP contribution in [0, 0.1) is 0 Å². The summed E-state index contributed by atoms with van der Waals surface area (Å²) in [6.45, 7) is 10.5. The Morgan fingerprint density at radius 3 is 2.46 bits per heavy atom. The van der Waals surface area contributed by atoms with Crippen molar-refractivity contribution in [2.24, 2.45) is 0 Å². The lowest BCUT2D eigenvalue weighted by atomic mass is 10.1. The van der Waals surface area contributed by atoms with E-state index in [4.69, 9.17) is 19.3 Å². The van der Waals surface area contributed by atoms with Crippen LogP contribution in [0.3, 0.4) is 0 Å². The standard InChI is InChI=1S/C28H38N2O4S/c1-19(2)33-27-29-25-23(34-28(3,4)5)16-15-21(26(25)35-27)17-24(31)30(22-13-9-10-14-22)32-18-20-11-7-6-8-12-20/h6-8,11-12,15-16,19,22,24,31H,9-10,13-14,17-18H2,1-5H3/t24-/m0/s1. The van der Waals surface area contributed by atoms with Gasteiger partial charge in [-0.05, 0) is 64.7 Å². The number of hydroxylamine groups is 2. The predicted octanol–water partition coefficient (Wildman–Crippen LogP) is 6.50. The molecule has 4 rings (SSSR count). The molecule has 0 amide bonds. The molecule has 35 heavy (non-hydrogen) atoms. The molecule has 1 aromatic heterocycles. The Kier molecular flexibility index (Phi) is 8.32. The number of fused-ring (bicyclic) bond motifs is 1. The Hall–Kier alpha value is -2.19. The van der Waals surface area contributed by atoms with Crippen LogP contribution in [0.4, 0.5) is 0 Å². The maximum absolute atomic E-state index is 11.4. The van der Waals surface area contributed by atoms with Crippen molar-refractivity contribution in [3.8, 4) is 10.9 Å². The lowest BCUT2D eigenvalue weighted by molar-refractivity contribution is -0.267. The van der Waals surface area contributed by atoms with Gasteiger partial charge >= 0.3 is 0 Å². The summed E-state index contributed by atoms with van der Waals surface area (Å²) in [4.78, 5) is 11.0.